The first-order chi connectivity index (χ1) is 11.5. The summed E-state index contributed by atoms with van der Waals surface area (Å²) in [5.41, 5.74) is 5.52. The van der Waals surface area contributed by atoms with E-state index in [2.05, 4.69) is 15.5 Å². The van der Waals surface area contributed by atoms with Crippen LogP contribution < -0.4 is 15.8 Å². The number of carbonyl (C=O) groups is 2. The number of nitrogens with two attached hydrogens (primary N) is 1. The number of para-hydroxylation sites is 1. The Morgan fingerprint density at radius 1 is 1.33 bits per heavy atom. The Bertz CT molecular complexity index is 713. The van der Waals surface area contributed by atoms with E-state index < -0.39 is 11.8 Å². The number of benzene rings is 1. The fraction of sp³-hybridized carbons (Fsp3) is 0.333. The van der Waals surface area contributed by atoms with Crippen LogP contribution in [0.25, 0.3) is 0 Å². The Kier molecular flexibility index (Phi) is 5.85. The molecule has 1 aromatic heterocycles. The summed E-state index contributed by atoms with van der Waals surface area (Å²) >= 11 is 0. The molecule has 0 aliphatic carbocycles. The van der Waals surface area contributed by atoms with Crippen molar-refractivity contribution in [2.75, 3.05) is 27.2 Å². The van der Waals surface area contributed by atoms with Crippen molar-refractivity contribution in [2.45, 2.75) is 6.61 Å². The quantitative estimate of drug-likeness (QED) is 0.699. The summed E-state index contributed by atoms with van der Waals surface area (Å²) in [6, 6.07) is 6.55. The van der Waals surface area contributed by atoms with Crippen molar-refractivity contribution in [1.82, 2.24) is 20.4 Å². The molecule has 1 aromatic carbocycles. The summed E-state index contributed by atoms with van der Waals surface area (Å²) < 4.78 is 10.4. The van der Waals surface area contributed by atoms with Gasteiger partial charge in [-0.1, -0.05) is 17.3 Å². The van der Waals surface area contributed by atoms with Crippen LogP contribution in [0.3, 0.4) is 0 Å². The first-order valence-corrected chi connectivity index (χ1v) is 7.24. The molecule has 0 unspecified atom stereocenters. The van der Waals surface area contributed by atoms with E-state index in [1.807, 2.05) is 19.0 Å². The molecule has 0 radical (unpaired) electrons. The van der Waals surface area contributed by atoms with Gasteiger partial charge in [0.15, 0.2) is 6.61 Å². The van der Waals surface area contributed by atoms with E-state index in [1.165, 1.54) is 0 Å². The highest BCUT2D eigenvalue weighted by Gasteiger charge is 2.16. The predicted octanol–water partition coefficient (Wildman–Crippen LogP) is 0.0389. The molecule has 0 bridgehead atoms. The Labute approximate surface area is 138 Å². The highest BCUT2D eigenvalue weighted by Crippen LogP contribution is 2.18. The minimum absolute atomic E-state index is 0.0568. The van der Waals surface area contributed by atoms with Gasteiger partial charge in [0.25, 0.3) is 5.91 Å². The Hall–Kier alpha value is -2.94. The summed E-state index contributed by atoms with van der Waals surface area (Å²) in [7, 11) is 3.80. The molecule has 9 nitrogen and oxygen atoms in total. The van der Waals surface area contributed by atoms with Crippen molar-refractivity contribution in [3.8, 4) is 5.75 Å². The zero-order valence-electron chi connectivity index (χ0n) is 13.5. The number of primary amides is 1. The number of rotatable bonds is 8. The molecule has 0 aliphatic heterocycles. The van der Waals surface area contributed by atoms with Crippen LogP contribution in [0.1, 0.15) is 26.9 Å². The average molecular weight is 333 g/mol. The van der Waals surface area contributed by atoms with Gasteiger partial charge in [0.05, 0.1) is 5.56 Å². The van der Waals surface area contributed by atoms with E-state index in [0.717, 1.165) is 0 Å². The van der Waals surface area contributed by atoms with E-state index in [9.17, 15) is 9.59 Å². The Morgan fingerprint density at radius 3 is 2.79 bits per heavy atom. The number of hydrogen-bond acceptors (Lipinski definition) is 7. The third-order valence-corrected chi connectivity index (χ3v) is 3.02. The molecule has 3 N–H and O–H groups in total. The van der Waals surface area contributed by atoms with E-state index in [0.29, 0.717) is 18.8 Å². The summed E-state index contributed by atoms with van der Waals surface area (Å²) in [6.07, 6.45) is 0. The molecule has 2 aromatic rings. The molecular formula is C15H19N5O4. The van der Waals surface area contributed by atoms with Gasteiger partial charge in [-0.3, -0.25) is 9.59 Å². The highest BCUT2D eigenvalue weighted by atomic mass is 16.5. The van der Waals surface area contributed by atoms with Gasteiger partial charge in [0, 0.05) is 13.1 Å². The van der Waals surface area contributed by atoms with Crippen molar-refractivity contribution in [2.24, 2.45) is 5.73 Å². The lowest BCUT2D eigenvalue weighted by molar-refractivity contribution is 0.0906. The van der Waals surface area contributed by atoms with Crippen molar-refractivity contribution in [3.63, 3.8) is 0 Å². The van der Waals surface area contributed by atoms with Gasteiger partial charge < -0.3 is 25.2 Å². The van der Waals surface area contributed by atoms with Crippen molar-refractivity contribution in [3.05, 3.63) is 41.5 Å². The second kappa shape index (κ2) is 8.06. The maximum absolute atomic E-state index is 11.8. The predicted molar refractivity (Wildman–Crippen MR) is 84.5 cm³/mol. The number of nitrogens with zero attached hydrogens (tertiary/aromatic N) is 3. The third kappa shape index (κ3) is 4.78. The van der Waals surface area contributed by atoms with Crippen molar-refractivity contribution < 1.29 is 18.8 Å². The zero-order chi connectivity index (χ0) is 17.5. The first-order valence-electron chi connectivity index (χ1n) is 7.24. The molecule has 0 saturated carbocycles. The second-order valence-corrected chi connectivity index (χ2v) is 5.22. The molecule has 128 valence electrons. The van der Waals surface area contributed by atoms with Gasteiger partial charge in [-0.25, -0.2) is 0 Å². The normalized spacial score (nSPS) is 10.6. The fourth-order valence-electron chi connectivity index (χ4n) is 1.81. The molecule has 0 aliphatic rings. The molecule has 9 heteroatoms. The number of aromatic nitrogens is 2. The maximum atomic E-state index is 11.8. The van der Waals surface area contributed by atoms with E-state index in [4.69, 9.17) is 15.0 Å². The van der Waals surface area contributed by atoms with Crippen LogP contribution >= 0.6 is 0 Å². The van der Waals surface area contributed by atoms with Crippen LogP contribution in [0.4, 0.5) is 0 Å². The smallest absolute Gasteiger partial charge is 0.316 e. The largest absolute Gasteiger partial charge is 0.485 e. The minimum Gasteiger partial charge on any atom is -0.485 e. The summed E-state index contributed by atoms with van der Waals surface area (Å²) in [4.78, 5) is 29.0. The summed E-state index contributed by atoms with van der Waals surface area (Å²) in [6.45, 7) is 1.10. The Morgan fingerprint density at radius 2 is 2.08 bits per heavy atom. The van der Waals surface area contributed by atoms with E-state index in [-0.39, 0.29) is 23.9 Å². The number of carbonyl (C=O) groups excluding carboxylic acids is 2. The lowest BCUT2D eigenvalue weighted by Gasteiger charge is -2.08. The van der Waals surface area contributed by atoms with E-state index in [1.54, 1.807) is 24.3 Å². The number of amides is 2. The molecule has 0 fully saturated rings. The number of hydrogen-bond donors (Lipinski definition) is 2. The van der Waals surface area contributed by atoms with Gasteiger partial charge in [0.1, 0.15) is 5.75 Å². The molecule has 1 heterocycles. The fourth-order valence-corrected chi connectivity index (χ4v) is 1.81. The van der Waals surface area contributed by atoms with Gasteiger partial charge >= 0.3 is 11.8 Å². The molecule has 2 amide bonds. The molecular weight excluding hydrogens is 314 g/mol. The molecule has 0 spiro atoms. The minimum atomic E-state index is -0.598. The lowest BCUT2D eigenvalue weighted by Crippen LogP contribution is -2.31. The van der Waals surface area contributed by atoms with E-state index >= 15 is 0 Å². The topological polar surface area (TPSA) is 124 Å². The van der Waals surface area contributed by atoms with Crippen LogP contribution in [0, 0.1) is 0 Å². The van der Waals surface area contributed by atoms with Gasteiger partial charge in [-0.15, -0.1) is 0 Å². The number of ether oxygens (including phenoxy) is 1. The van der Waals surface area contributed by atoms with Gasteiger partial charge in [-0.2, -0.15) is 4.98 Å². The monoisotopic (exact) mass is 333 g/mol. The van der Waals surface area contributed by atoms with Crippen LogP contribution in [0.15, 0.2) is 28.8 Å². The molecule has 0 atom stereocenters. The van der Waals surface area contributed by atoms with Crippen molar-refractivity contribution in [1.29, 1.82) is 0 Å². The second-order valence-electron chi connectivity index (χ2n) is 5.22. The first kappa shape index (κ1) is 17.4. The molecule has 2 rings (SSSR count). The highest BCUT2D eigenvalue weighted by molar-refractivity contribution is 5.95. The lowest BCUT2D eigenvalue weighted by atomic mass is 10.2. The summed E-state index contributed by atoms with van der Waals surface area (Å²) in [5, 5.41) is 6.33. The summed E-state index contributed by atoms with van der Waals surface area (Å²) in [5.74, 6) is -0.692. The van der Waals surface area contributed by atoms with Crippen molar-refractivity contribution >= 4 is 11.8 Å². The average Bonchev–Trinajstić information content (AvgIpc) is 3.01. The van der Waals surface area contributed by atoms with Crippen LogP contribution in [0.2, 0.25) is 0 Å². The standard InChI is InChI=1S/C15H19N5O4/c1-20(2)8-7-17-14(22)15-18-12(19-24-15)9-23-11-6-4-3-5-10(11)13(16)21/h3-6H,7-9H2,1-2H3,(H2,16,21)(H,17,22). The molecule has 0 saturated heterocycles. The molecule has 24 heavy (non-hydrogen) atoms. The van der Waals surface area contributed by atoms with Gasteiger partial charge in [-0.05, 0) is 26.2 Å². The third-order valence-electron chi connectivity index (χ3n) is 3.02. The van der Waals surface area contributed by atoms with Crippen LogP contribution in [-0.2, 0) is 6.61 Å². The Balaban J connectivity index is 1.92. The number of nitrogens with one attached hydrogen (secondary N) is 1. The SMILES string of the molecule is CN(C)CCNC(=O)c1nc(COc2ccccc2C(N)=O)no1. The van der Waals surface area contributed by atoms with Gasteiger partial charge in [0.2, 0.25) is 5.82 Å². The maximum Gasteiger partial charge on any atom is 0.316 e. The van der Waals surface area contributed by atoms with Crippen LogP contribution in [-0.4, -0.2) is 54.0 Å². The van der Waals surface area contributed by atoms with Crippen LogP contribution in [0.5, 0.6) is 5.75 Å². The number of likely N-dealkylation sites (N-methyl/N-ethyl adjacent to an activating group) is 1. The zero-order valence-corrected chi connectivity index (χ0v) is 13.5.